The van der Waals surface area contributed by atoms with E-state index in [1.807, 2.05) is 6.92 Å². The van der Waals surface area contributed by atoms with Gasteiger partial charge in [0.25, 0.3) is 0 Å². The molecule has 23 heavy (non-hydrogen) atoms. The molecule has 3 rings (SSSR count). The van der Waals surface area contributed by atoms with E-state index in [1.165, 1.54) is 16.6 Å². The highest BCUT2D eigenvalue weighted by Crippen LogP contribution is 2.18. The third-order valence-electron chi connectivity index (χ3n) is 4.04. The summed E-state index contributed by atoms with van der Waals surface area (Å²) in [6.45, 7) is 2.83. The molecule has 1 aliphatic rings. The van der Waals surface area contributed by atoms with Crippen LogP contribution in [-0.2, 0) is 10.0 Å². The van der Waals surface area contributed by atoms with Crippen LogP contribution in [0, 0.1) is 6.92 Å². The number of anilines is 1. The average Bonchev–Trinajstić information content (AvgIpc) is 2.46. The van der Waals surface area contributed by atoms with Gasteiger partial charge in [-0.1, -0.05) is 0 Å². The van der Waals surface area contributed by atoms with Gasteiger partial charge in [0.05, 0.1) is 11.9 Å². The quantitative estimate of drug-likeness (QED) is 0.842. The largest absolute Gasteiger partial charge is 0.351 e. The Morgan fingerprint density at radius 2 is 1.96 bits per heavy atom. The molecule has 0 bridgehead atoms. The van der Waals surface area contributed by atoms with Crippen molar-refractivity contribution in [1.29, 1.82) is 0 Å². The summed E-state index contributed by atoms with van der Waals surface area (Å²) in [6, 6.07) is 3.27. The zero-order valence-corrected chi connectivity index (χ0v) is 13.9. The van der Waals surface area contributed by atoms with E-state index in [0.717, 1.165) is 11.1 Å². The van der Waals surface area contributed by atoms with E-state index in [9.17, 15) is 13.2 Å². The minimum Gasteiger partial charge on any atom is -0.351 e. The number of piperidine rings is 1. The summed E-state index contributed by atoms with van der Waals surface area (Å²) >= 11 is 0. The molecular weight excluding hydrogens is 318 g/mol. The second kappa shape index (κ2) is 5.89. The molecule has 1 fully saturated rings. The lowest BCUT2D eigenvalue weighted by molar-refractivity contribution is 0.331. The van der Waals surface area contributed by atoms with Crippen LogP contribution >= 0.6 is 0 Å². The molecule has 0 aromatic carbocycles. The van der Waals surface area contributed by atoms with Crippen molar-refractivity contribution in [3.63, 3.8) is 0 Å². The van der Waals surface area contributed by atoms with Crippen molar-refractivity contribution in [1.82, 2.24) is 19.3 Å². The molecule has 124 valence electrons. The van der Waals surface area contributed by atoms with Crippen LogP contribution in [0.1, 0.15) is 18.5 Å². The molecule has 0 amide bonds. The highest BCUT2D eigenvalue weighted by molar-refractivity contribution is 7.88. The Bertz CT molecular complexity index is 885. The minimum absolute atomic E-state index is 0.111. The van der Waals surface area contributed by atoms with E-state index in [-0.39, 0.29) is 11.6 Å². The smallest absolute Gasteiger partial charge is 0.249 e. The Hall–Kier alpha value is -2.00. The first-order valence-electron chi connectivity index (χ1n) is 7.42. The summed E-state index contributed by atoms with van der Waals surface area (Å²) in [6.07, 6.45) is 2.62. The number of H-pyrrole nitrogens is 1. The Labute approximate surface area is 134 Å². The van der Waals surface area contributed by atoms with E-state index in [1.54, 1.807) is 6.07 Å². The molecule has 2 aromatic rings. The molecule has 8 nitrogen and oxygen atoms in total. The maximum atomic E-state index is 11.5. The van der Waals surface area contributed by atoms with Crippen molar-refractivity contribution in [2.24, 2.45) is 0 Å². The van der Waals surface area contributed by atoms with E-state index < -0.39 is 10.0 Å². The number of fused-ring (bicyclic) bond motifs is 1. The van der Waals surface area contributed by atoms with E-state index >= 15 is 0 Å². The number of rotatable bonds is 3. The fourth-order valence-electron chi connectivity index (χ4n) is 2.77. The Kier molecular flexibility index (Phi) is 4.07. The number of nitrogens with one attached hydrogen (secondary N) is 2. The summed E-state index contributed by atoms with van der Waals surface area (Å²) in [4.78, 5) is 22.9. The Morgan fingerprint density at radius 3 is 2.61 bits per heavy atom. The highest BCUT2D eigenvalue weighted by Gasteiger charge is 2.25. The molecule has 9 heteroatoms. The van der Waals surface area contributed by atoms with Crippen LogP contribution < -0.4 is 10.9 Å². The summed E-state index contributed by atoms with van der Waals surface area (Å²) in [5.74, 6) is 0.453. The Morgan fingerprint density at radius 1 is 1.26 bits per heavy atom. The van der Waals surface area contributed by atoms with Gasteiger partial charge in [-0.15, -0.1) is 0 Å². The summed E-state index contributed by atoms with van der Waals surface area (Å²) in [5, 5.41) is 4.05. The minimum atomic E-state index is -3.13. The number of aromatic nitrogens is 3. The van der Waals surface area contributed by atoms with E-state index in [4.69, 9.17) is 0 Å². The van der Waals surface area contributed by atoms with E-state index in [0.29, 0.717) is 37.5 Å². The van der Waals surface area contributed by atoms with E-state index in [2.05, 4.69) is 20.3 Å². The van der Waals surface area contributed by atoms with Crippen LogP contribution in [-0.4, -0.2) is 53.1 Å². The van der Waals surface area contributed by atoms with Crippen molar-refractivity contribution in [3.8, 4) is 0 Å². The first kappa shape index (κ1) is 15.9. The predicted molar refractivity (Wildman–Crippen MR) is 88.0 cm³/mol. The number of aryl methyl sites for hydroxylation is 1. The fraction of sp³-hybridized carbons (Fsp3) is 0.500. The number of sulfonamides is 1. The molecular formula is C14H19N5O3S. The maximum absolute atomic E-state index is 11.5. The van der Waals surface area contributed by atoms with Gasteiger partial charge in [0, 0.05) is 30.6 Å². The summed E-state index contributed by atoms with van der Waals surface area (Å²) in [7, 11) is -3.13. The van der Waals surface area contributed by atoms with Crippen LogP contribution in [0.5, 0.6) is 0 Å². The Balaban J connectivity index is 1.76. The molecule has 0 aliphatic carbocycles. The van der Waals surface area contributed by atoms with Gasteiger partial charge in [-0.3, -0.25) is 4.79 Å². The standard InChI is InChI=1S/C14H19N5O3S/c1-9-11-3-4-12(20)17-13(11)18-14(15-9)16-10-5-7-19(8-6-10)23(2,21)22/h3-4,10H,5-8H2,1-2H3,(H2,15,16,17,18,20). The van der Waals surface area contributed by atoms with Crippen LogP contribution in [0.15, 0.2) is 16.9 Å². The molecule has 1 aliphatic heterocycles. The lowest BCUT2D eigenvalue weighted by Gasteiger charge is -2.30. The van der Waals surface area contributed by atoms with Crippen LogP contribution in [0.3, 0.4) is 0 Å². The number of hydrogen-bond acceptors (Lipinski definition) is 6. The van der Waals surface area contributed by atoms with Gasteiger partial charge in [-0.25, -0.2) is 17.7 Å². The predicted octanol–water partition coefficient (Wildman–Crippen LogP) is 0.462. The first-order valence-corrected chi connectivity index (χ1v) is 9.27. The molecule has 2 aromatic heterocycles. The average molecular weight is 337 g/mol. The molecule has 0 saturated carbocycles. The summed E-state index contributed by atoms with van der Waals surface area (Å²) < 4.78 is 24.5. The van der Waals surface area contributed by atoms with Gasteiger partial charge >= 0.3 is 0 Å². The third-order valence-corrected chi connectivity index (χ3v) is 5.34. The number of aromatic amines is 1. The van der Waals surface area contributed by atoms with Crippen LogP contribution in [0.2, 0.25) is 0 Å². The molecule has 0 radical (unpaired) electrons. The molecule has 2 N–H and O–H groups in total. The van der Waals surface area contributed by atoms with Crippen molar-refractivity contribution < 1.29 is 8.42 Å². The lowest BCUT2D eigenvalue weighted by atomic mass is 10.1. The molecule has 0 atom stereocenters. The normalized spacial score (nSPS) is 17.5. The van der Waals surface area contributed by atoms with Gasteiger partial charge in [-0.2, -0.15) is 4.98 Å². The first-order chi connectivity index (χ1) is 10.8. The van der Waals surface area contributed by atoms with Gasteiger partial charge in [0.15, 0.2) is 0 Å². The van der Waals surface area contributed by atoms with Crippen molar-refractivity contribution >= 4 is 27.0 Å². The monoisotopic (exact) mass is 337 g/mol. The molecule has 3 heterocycles. The van der Waals surface area contributed by atoms with Gasteiger partial charge in [0.2, 0.25) is 21.5 Å². The second-order valence-corrected chi connectivity index (χ2v) is 7.78. The molecule has 0 unspecified atom stereocenters. The number of pyridine rings is 1. The summed E-state index contributed by atoms with van der Waals surface area (Å²) in [5.41, 5.74) is 1.08. The second-order valence-electron chi connectivity index (χ2n) is 5.80. The molecule has 1 saturated heterocycles. The topological polar surface area (TPSA) is 108 Å². The lowest BCUT2D eigenvalue weighted by Crippen LogP contribution is -2.42. The fourth-order valence-corrected chi connectivity index (χ4v) is 3.65. The van der Waals surface area contributed by atoms with Crippen molar-refractivity contribution in [2.75, 3.05) is 24.7 Å². The number of nitrogens with zero attached hydrogens (tertiary/aromatic N) is 3. The number of hydrogen-bond donors (Lipinski definition) is 2. The van der Waals surface area contributed by atoms with Crippen LogP contribution in [0.4, 0.5) is 5.95 Å². The SMILES string of the molecule is Cc1nc(NC2CCN(S(C)(=O)=O)CC2)nc2[nH]c(=O)ccc12. The zero-order chi connectivity index (χ0) is 16.6. The van der Waals surface area contributed by atoms with Gasteiger partial charge in [0.1, 0.15) is 5.65 Å². The van der Waals surface area contributed by atoms with Crippen molar-refractivity contribution in [3.05, 3.63) is 28.2 Å². The van der Waals surface area contributed by atoms with Crippen LogP contribution in [0.25, 0.3) is 11.0 Å². The maximum Gasteiger partial charge on any atom is 0.249 e. The third kappa shape index (κ3) is 3.50. The zero-order valence-electron chi connectivity index (χ0n) is 13.0. The van der Waals surface area contributed by atoms with Crippen molar-refractivity contribution in [2.45, 2.75) is 25.8 Å². The van der Waals surface area contributed by atoms with Gasteiger partial charge in [-0.05, 0) is 25.8 Å². The van der Waals surface area contributed by atoms with Gasteiger partial charge < -0.3 is 10.3 Å². The highest BCUT2D eigenvalue weighted by atomic mass is 32.2. The molecule has 0 spiro atoms.